The maximum atomic E-state index is 12.6. The van der Waals surface area contributed by atoms with E-state index < -0.39 is 17.5 Å². The van der Waals surface area contributed by atoms with E-state index in [2.05, 4.69) is 10.3 Å². The van der Waals surface area contributed by atoms with Gasteiger partial charge in [0, 0.05) is 12.4 Å². The first-order valence-electron chi connectivity index (χ1n) is 7.88. The van der Waals surface area contributed by atoms with Crippen LogP contribution < -0.4 is 10.9 Å². The van der Waals surface area contributed by atoms with Crippen LogP contribution in [0.3, 0.4) is 0 Å². The molecular formula is C17H18ClN3O5. The number of aryl methyl sites for hydroxylation is 1. The number of hydrogen-bond donors (Lipinski definition) is 1. The zero-order valence-electron chi connectivity index (χ0n) is 14.5. The van der Waals surface area contributed by atoms with E-state index in [-0.39, 0.29) is 24.5 Å². The number of aromatic nitrogens is 2. The molecule has 2 rings (SSSR count). The van der Waals surface area contributed by atoms with Gasteiger partial charge in [-0.3, -0.25) is 9.20 Å². The Balaban J connectivity index is 2.47. The van der Waals surface area contributed by atoms with E-state index in [1.54, 1.807) is 32.9 Å². The fourth-order valence-corrected chi connectivity index (χ4v) is 2.31. The number of rotatable bonds is 6. The van der Waals surface area contributed by atoms with E-state index in [0.29, 0.717) is 16.4 Å². The molecule has 0 spiro atoms. The Hall–Kier alpha value is -2.87. The number of hydrogen-bond acceptors (Lipinski definition) is 7. The van der Waals surface area contributed by atoms with E-state index in [4.69, 9.17) is 21.1 Å². The molecule has 0 bridgehead atoms. The molecule has 2 aromatic rings. The normalized spacial score (nSPS) is 10.3. The lowest BCUT2D eigenvalue weighted by Gasteiger charge is -2.10. The topological polar surface area (TPSA) is 99.0 Å². The molecule has 0 saturated heterocycles. The van der Waals surface area contributed by atoms with Gasteiger partial charge in [-0.05, 0) is 32.9 Å². The third-order valence-corrected chi connectivity index (χ3v) is 3.54. The van der Waals surface area contributed by atoms with Crippen molar-refractivity contribution >= 4 is 34.9 Å². The van der Waals surface area contributed by atoms with Gasteiger partial charge in [-0.15, -0.1) is 0 Å². The molecular weight excluding hydrogens is 362 g/mol. The van der Waals surface area contributed by atoms with Gasteiger partial charge in [-0.25, -0.2) is 14.6 Å². The van der Waals surface area contributed by atoms with Gasteiger partial charge < -0.3 is 14.8 Å². The molecule has 138 valence electrons. The SMILES string of the molecule is CCOC(=O)C(=CNc1c(C)nc2ccc(Cl)cn2c1=O)C(=O)OCC. The van der Waals surface area contributed by atoms with Crippen LogP contribution in [0.2, 0.25) is 5.02 Å². The second kappa shape index (κ2) is 8.48. The maximum Gasteiger partial charge on any atom is 0.347 e. The number of pyridine rings is 1. The third-order valence-electron chi connectivity index (χ3n) is 3.32. The van der Waals surface area contributed by atoms with Gasteiger partial charge in [0.2, 0.25) is 0 Å². The molecule has 0 atom stereocenters. The van der Waals surface area contributed by atoms with Crippen LogP contribution in [0.4, 0.5) is 5.69 Å². The van der Waals surface area contributed by atoms with Crippen molar-refractivity contribution in [3.05, 3.63) is 51.2 Å². The number of halogens is 1. The fraction of sp³-hybridized carbons (Fsp3) is 0.294. The molecule has 2 aromatic heterocycles. The Kier molecular flexibility index (Phi) is 6.35. The Morgan fingerprint density at radius 2 is 1.85 bits per heavy atom. The summed E-state index contributed by atoms with van der Waals surface area (Å²) in [7, 11) is 0. The van der Waals surface area contributed by atoms with Gasteiger partial charge >= 0.3 is 11.9 Å². The van der Waals surface area contributed by atoms with Crippen molar-refractivity contribution in [1.29, 1.82) is 0 Å². The fourth-order valence-electron chi connectivity index (χ4n) is 2.15. The highest BCUT2D eigenvalue weighted by Crippen LogP contribution is 2.13. The summed E-state index contributed by atoms with van der Waals surface area (Å²) < 4.78 is 10.9. The summed E-state index contributed by atoms with van der Waals surface area (Å²) in [5.41, 5.74) is 0.112. The van der Waals surface area contributed by atoms with Crippen LogP contribution in [0.15, 0.2) is 34.9 Å². The lowest BCUT2D eigenvalue weighted by Crippen LogP contribution is -2.23. The van der Waals surface area contributed by atoms with Crippen molar-refractivity contribution in [1.82, 2.24) is 9.38 Å². The average molecular weight is 380 g/mol. The summed E-state index contributed by atoms with van der Waals surface area (Å²) in [4.78, 5) is 40.9. The third kappa shape index (κ3) is 4.20. The Bertz CT molecular complexity index is 916. The summed E-state index contributed by atoms with van der Waals surface area (Å²) in [5.74, 6) is -1.71. The summed E-state index contributed by atoms with van der Waals surface area (Å²) in [5, 5.41) is 3.04. The summed E-state index contributed by atoms with van der Waals surface area (Å²) in [6, 6.07) is 3.23. The van der Waals surface area contributed by atoms with Crippen molar-refractivity contribution in [2.24, 2.45) is 0 Å². The number of ether oxygens (including phenoxy) is 2. The van der Waals surface area contributed by atoms with Crippen LogP contribution in [0, 0.1) is 6.92 Å². The van der Waals surface area contributed by atoms with Gasteiger partial charge in [-0.2, -0.15) is 0 Å². The monoisotopic (exact) mass is 379 g/mol. The van der Waals surface area contributed by atoms with Gasteiger partial charge in [0.1, 0.15) is 11.3 Å². The Morgan fingerprint density at radius 3 is 2.42 bits per heavy atom. The van der Waals surface area contributed by atoms with Crippen molar-refractivity contribution in [3.8, 4) is 0 Å². The van der Waals surface area contributed by atoms with Crippen LogP contribution in [0.1, 0.15) is 19.5 Å². The standard InChI is InChI=1S/C17H18ClN3O5/c1-4-25-16(23)12(17(24)26-5-2)8-19-14-10(3)20-13-7-6-11(18)9-21(13)15(14)22/h6-9,19H,4-5H2,1-3H3. The molecule has 0 aliphatic carbocycles. The second-order valence-corrected chi connectivity index (χ2v) is 5.53. The molecule has 0 aliphatic heterocycles. The molecule has 0 radical (unpaired) electrons. The Labute approximate surface area is 154 Å². The highest BCUT2D eigenvalue weighted by atomic mass is 35.5. The molecule has 0 unspecified atom stereocenters. The van der Waals surface area contributed by atoms with Gasteiger partial charge in [0.15, 0.2) is 5.57 Å². The maximum absolute atomic E-state index is 12.6. The lowest BCUT2D eigenvalue weighted by molar-refractivity contribution is -0.146. The van der Waals surface area contributed by atoms with Crippen molar-refractivity contribution in [3.63, 3.8) is 0 Å². The average Bonchev–Trinajstić information content (AvgIpc) is 2.59. The number of carbonyl (C=O) groups is 2. The molecule has 0 aliphatic rings. The highest BCUT2D eigenvalue weighted by Gasteiger charge is 2.21. The minimum Gasteiger partial charge on any atom is -0.462 e. The second-order valence-electron chi connectivity index (χ2n) is 5.10. The molecule has 2 heterocycles. The van der Waals surface area contributed by atoms with Crippen LogP contribution in [-0.2, 0) is 19.1 Å². The van der Waals surface area contributed by atoms with Crippen LogP contribution in [0.5, 0.6) is 0 Å². The zero-order chi connectivity index (χ0) is 19.3. The molecule has 1 N–H and O–H groups in total. The highest BCUT2D eigenvalue weighted by molar-refractivity contribution is 6.30. The molecule has 8 nitrogen and oxygen atoms in total. The van der Waals surface area contributed by atoms with Crippen molar-refractivity contribution in [2.45, 2.75) is 20.8 Å². The smallest absolute Gasteiger partial charge is 0.347 e. The zero-order valence-corrected chi connectivity index (χ0v) is 15.3. The summed E-state index contributed by atoms with van der Waals surface area (Å²) in [6.45, 7) is 5.03. The van der Waals surface area contributed by atoms with E-state index in [0.717, 1.165) is 6.20 Å². The molecule has 0 amide bonds. The van der Waals surface area contributed by atoms with Gasteiger partial charge in [0.25, 0.3) is 5.56 Å². The first-order valence-corrected chi connectivity index (χ1v) is 8.26. The van der Waals surface area contributed by atoms with E-state index in [1.807, 2.05) is 0 Å². The quantitative estimate of drug-likeness (QED) is 0.355. The minimum absolute atomic E-state index is 0.0906. The van der Waals surface area contributed by atoms with Crippen LogP contribution in [-0.4, -0.2) is 34.5 Å². The van der Waals surface area contributed by atoms with Crippen molar-refractivity contribution in [2.75, 3.05) is 18.5 Å². The largest absolute Gasteiger partial charge is 0.462 e. The predicted octanol–water partition coefficient (Wildman–Crippen LogP) is 2.08. The Morgan fingerprint density at radius 1 is 1.23 bits per heavy atom. The lowest BCUT2D eigenvalue weighted by atomic mass is 10.3. The summed E-state index contributed by atoms with van der Waals surface area (Å²) in [6.07, 6.45) is 2.51. The molecule has 9 heteroatoms. The first kappa shape index (κ1) is 19.5. The number of fused-ring (bicyclic) bond motifs is 1. The molecule has 0 fully saturated rings. The van der Waals surface area contributed by atoms with Crippen LogP contribution >= 0.6 is 11.6 Å². The minimum atomic E-state index is -0.854. The number of carbonyl (C=O) groups excluding carboxylic acids is 2. The molecule has 0 aromatic carbocycles. The van der Waals surface area contributed by atoms with E-state index in [1.165, 1.54) is 10.6 Å². The van der Waals surface area contributed by atoms with Crippen LogP contribution in [0.25, 0.3) is 5.65 Å². The number of esters is 2. The predicted molar refractivity (Wildman–Crippen MR) is 96.2 cm³/mol. The van der Waals surface area contributed by atoms with Crippen molar-refractivity contribution < 1.29 is 19.1 Å². The number of nitrogens with one attached hydrogen (secondary N) is 1. The first-order chi connectivity index (χ1) is 12.4. The summed E-state index contributed by atoms with van der Waals surface area (Å²) >= 11 is 5.92. The number of nitrogens with zero attached hydrogens (tertiary/aromatic N) is 2. The van der Waals surface area contributed by atoms with Gasteiger partial charge in [-0.1, -0.05) is 11.6 Å². The van der Waals surface area contributed by atoms with Gasteiger partial charge in [0.05, 0.1) is 23.9 Å². The van der Waals surface area contributed by atoms with E-state index >= 15 is 0 Å². The van der Waals surface area contributed by atoms with E-state index in [9.17, 15) is 14.4 Å². The molecule has 26 heavy (non-hydrogen) atoms. The molecule has 0 saturated carbocycles. The number of anilines is 1.